The summed E-state index contributed by atoms with van der Waals surface area (Å²) in [7, 11) is 0. The lowest BCUT2D eigenvalue weighted by Gasteiger charge is -2.03. The van der Waals surface area contributed by atoms with Gasteiger partial charge in [-0.2, -0.15) is 4.39 Å². The van der Waals surface area contributed by atoms with Crippen molar-refractivity contribution < 1.29 is 18.1 Å². The van der Waals surface area contributed by atoms with Crippen LogP contribution in [0.3, 0.4) is 0 Å². The second-order valence-electron chi connectivity index (χ2n) is 3.56. The molecule has 0 saturated heterocycles. The average Bonchev–Trinajstić information content (AvgIpc) is 2.33. The van der Waals surface area contributed by atoms with E-state index in [0.29, 0.717) is 5.56 Å². The van der Waals surface area contributed by atoms with Crippen LogP contribution < -0.4 is 0 Å². The first-order chi connectivity index (χ1) is 8.49. The molecule has 3 nitrogen and oxygen atoms in total. The Labute approximate surface area is 99.6 Å². The van der Waals surface area contributed by atoms with Crippen molar-refractivity contribution in [2.45, 2.75) is 0 Å². The summed E-state index contributed by atoms with van der Waals surface area (Å²) in [5.74, 6) is -3.31. The first kappa shape index (κ1) is 12.1. The fraction of sp³-hybridized carbons (Fsp3) is 0. The van der Waals surface area contributed by atoms with E-state index in [1.165, 1.54) is 12.1 Å². The van der Waals surface area contributed by atoms with Gasteiger partial charge >= 0.3 is 5.69 Å². The number of hydrogen-bond donors (Lipinski definition) is 0. The minimum atomic E-state index is -1.51. The molecular formula is C12H6F3NO2. The molecule has 0 heterocycles. The number of rotatable bonds is 2. The molecule has 6 heteroatoms. The van der Waals surface area contributed by atoms with Gasteiger partial charge in [-0.1, -0.05) is 12.1 Å². The van der Waals surface area contributed by atoms with Crippen molar-refractivity contribution in [2.75, 3.05) is 0 Å². The highest BCUT2D eigenvalue weighted by atomic mass is 19.2. The van der Waals surface area contributed by atoms with Crippen LogP contribution in [0.4, 0.5) is 18.9 Å². The smallest absolute Gasteiger partial charge is 0.258 e. The summed E-state index contributed by atoms with van der Waals surface area (Å²) in [5.41, 5.74) is -0.478. The van der Waals surface area contributed by atoms with Crippen molar-refractivity contribution >= 4 is 5.69 Å². The average molecular weight is 253 g/mol. The lowest BCUT2D eigenvalue weighted by molar-refractivity contribution is -0.387. The van der Waals surface area contributed by atoms with E-state index >= 15 is 0 Å². The first-order valence-electron chi connectivity index (χ1n) is 4.88. The second-order valence-corrected chi connectivity index (χ2v) is 3.56. The first-order valence-corrected chi connectivity index (χ1v) is 4.88. The monoisotopic (exact) mass is 253 g/mol. The molecule has 0 aliphatic heterocycles. The van der Waals surface area contributed by atoms with Crippen LogP contribution in [0.5, 0.6) is 0 Å². The van der Waals surface area contributed by atoms with Crippen molar-refractivity contribution in [1.29, 1.82) is 0 Å². The molecule has 18 heavy (non-hydrogen) atoms. The van der Waals surface area contributed by atoms with Crippen molar-refractivity contribution in [3.05, 3.63) is 64.0 Å². The Balaban J connectivity index is 2.59. The normalized spacial score (nSPS) is 10.4. The van der Waals surface area contributed by atoms with Gasteiger partial charge < -0.3 is 0 Å². The van der Waals surface area contributed by atoms with Gasteiger partial charge in [-0.25, -0.2) is 8.78 Å². The van der Waals surface area contributed by atoms with Crippen molar-refractivity contribution in [1.82, 2.24) is 0 Å². The molecule has 2 aromatic rings. The number of nitro groups is 1. The lowest BCUT2D eigenvalue weighted by atomic mass is 10.0. The molecular weight excluding hydrogens is 247 g/mol. The third kappa shape index (κ3) is 2.17. The zero-order valence-electron chi connectivity index (χ0n) is 8.86. The van der Waals surface area contributed by atoms with E-state index in [-0.39, 0.29) is 5.56 Å². The van der Waals surface area contributed by atoms with E-state index in [2.05, 4.69) is 0 Å². The Morgan fingerprint density at radius 3 is 2.11 bits per heavy atom. The Hall–Kier alpha value is -2.37. The highest BCUT2D eigenvalue weighted by molar-refractivity contribution is 5.66. The zero-order chi connectivity index (χ0) is 13.3. The molecule has 0 saturated carbocycles. The number of hydrogen-bond acceptors (Lipinski definition) is 2. The van der Waals surface area contributed by atoms with Gasteiger partial charge in [0.05, 0.1) is 4.92 Å². The van der Waals surface area contributed by atoms with Crippen LogP contribution in [-0.4, -0.2) is 4.92 Å². The zero-order valence-corrected chi connectivity index (χ0v) is 8.86. The molecule has 0 radical (unpaired) electrons. The van der Waals surface area contributed by atoms with Gasteiger partial charge in [-0.3, -0.25) is 10.1 Å². The summed E-state index contributed by atoms with van der Waals surface area (Å²) < 4.78 is 39.1. The molecule has 0 atom stereocenters. The van der Waals surface area contributed by atoms with Crippen LogP contribution in [0, 0.1) is 27.6 Å². The van der Waals surface area contributed by atoms with Gasteiger partial charge in [-0.15, -0.1) is 0 Å². The number of nitro benzene ring substituents is 1. The van der Waals surface area contributed by atoms with Gasteiger partial charge in [0.2, 0.25) is 5.82 Å². The van der Waals surface area contributed by atoms with Crippen LogP contribution in [0.25, 0.3) is 11.1 Å². The molecule has 0 aliphatic rings. The lowest BCUT2D eigenvalue weighted by Crippen LogP contribution is -1.96. The minimum Gasteiger partial charge on any atom is -0.258 e. The van der Waals surface area contributed by atoms with Crippen molar-refractivity contribution in [2.24, 2.45) is 0 Å². The van der Waals surface area contributed by atoms with Crippen LogP contribution >= 0.6 is 0 Å². The second kappa shape index (κ2) is 4.48. The fourth-order valence-electron chi connectivity index (χ4n) is 1.52. The minimum absolute atomic E-state index is 0.112. The topological polar surface area (TPSA) is 43.1 Å². The van der Waals surface area contributed by atoms with Gasteiger partial charge in [0, 0.05) is 6.07 Å². The Kier molecular flexibility index (Phi) is 3.01. The summed E-state index contributed by atoms with van der Waals surface area (Å²) in [6, 6.07) is 6.64. The van der Waals surface area contributed by atoms with Gasteiger partial charge in [0.1, 0.15) is 5.82 Å². The molecule has 92 valence electrons. The van der Waals surface area contributed by atoms with E-state index in [1.54, 1.807) is 0 Å². The molecule has 0 aliphatic carbocycles. The van der Waals surface area contributed by atoms with E-state index in [1.807, 2.05) is 0 Å². The summed E-state index contributed by atoms with van der Waals surface area (Å²) in [4.78, 5) is 9.54. The maximum atomic E-state index is 13.2. The van der Waals surface area contributed by atoms with Crippen LogP contribution in [0.1, 0.15) is 0 Å². The van der Waals surface area contributed by atoms with Gasteiger partial charge in [0.25, 0.3) is 0 Å². The van der Waals surface area contributed by atoms with E-state index in [4.69, 9.17) is 0 Å². The van der Waals surface area contributed by atoms with E-state index in [0.717, 1.165) is 24.3 Å². The van der Waals surface area contributed by atoms with Gasteiger partial charge in [-0.05, 0) is 29.3 Å². The summed E-state index contributed by atoms with van der Waals surface area (Å²) in [5, 5.41) is 10.6. The van der Waals surface area contributed by atoms with E-state index < -0.39 is 28.1 Å². The Morgan fingerprint density at radius 2 is 1.56 bits per heavy atom. The fourth-order valence-corrected chi connectivity index (χ4v) is 1.52. The molecule has 0 aromatic heterocycles. The summed E-state index contributed by atoms with van der Waals surface area (Å²) in [6.45, 7) is 0. The summed E-state index contributed by atoms with van der Waals surface area (Å²) >= 11 is 0. The van der Waals surface area contributed by atoms with Crippen LogP contribution in [-0.2, 0) is 0 Å². The predicted octanol–water partition coefficient (Wildman–Crippen LogP) is 3.68. The predicted molar refractivity (Wildman–Crippen MR) is 58.4 cm³/mol. The SMILES string of the molecule is O=[N+]([O-])c1cc(-c2ccc(F)cc2)cc(F)c1F. The van der Waals surface area contributed by atoms with Gasteiger partial charge in [0.15, 0.2) is 5.82 Å². The quantitative estimate of drug-likeness (QED) is 0.605. The third-order valence-electron chi connectivity index (χ3n) is 2.38. The molecule has 0 spiro atoms. The maximum absolute atomic E-state index is 13.2. The molecule has 0 unspecified atom stereocenters. The number of halogens is 3. The molecule has 0 amide bonds. The molecule has 2 aromatic carbocycles. The summed E-state index contributed by atoms with van der Waals surface area (Å²) in [6.07, 6.45) is 0. The van der Waals surface area contributed by atoms with Crippen LogP contribution in [0.15, 0.2) is 36.4 Å². The molecule has 2 rings (SSSR count). The van der Waals surface area contributed by atoms with E-state index in [9.17, 15) is 23.3 Å². The Bertz CT molecular complexity index is 611. The molecule has 0 bridgehead atoms. The molecule has 0 fully saturated rings. The van der Waals surface area contributed by atoms with Crippen LogP contribution in [0.2, 0.25) is 0 Å². The maximum Gasteiger partial charge on any atom is 0.308 e. The van der Waals surface area contributed by atoms with Crippen molar-refractivity contribution in [3.63, 3.8) is 0 Å². The highest BCUT2D eigenvalue weighted by Crippen LogP contribution is 2.28. The van der Waals surface area contributed by atoms with Crippen molar-refractivity contribution in [3.8, 4) is 11.1 Å². The number of benzene rings is 2. The number of nitrogens with zero attached hydrogens (tertiary/aromatic N) is 1. The molecule has 0 N–H and O–H groups in total. The third-order valence-corrected chi connectivity index (χ3v) is 2.38. The standard InChI is InChI=1S/C12H6F3NO2/c13-9-3-1-7(2-4-9)8-5-10(14)12(15)11(6-8)16(17)18/h1-6H. The largest absolute Gasteiger partial charge is 0.308 e. The Morgan fingerprint density at radius 1 is 0.944 bits per heavy atom. The highest BCUT2D eigenvalue weighted by Gasteiger charge is 2.20.